The van der Waals surface area contributed by atoms with Crippen LogP contribution < -0.4 is 0 Å². The minimum atomic E-state index is -2.62. The fourth-order valence-electron chi connectivity index (χ4n) is 1.35. The van der Waals surface area contributed by atoms with Gasteiger partial charge in [0.05, 0.1) is 11.3 Å². The molecule has 2 rings (SSSR count). The molecule has 0 saturated carbocycles. The van der Waals surface area contributed by atoms with E-state index in [9.17, 15) is 13.6 Å². The molecule has 0 amide bonds. The Morgan fingerprint density at radius 1 is 1.24 bits per heavy atom. The third-order valence-electron chi connectivity index (χ3n) is 2.21. The number of alkyl halides is 2. The van der Waals surface area contributed by atoms with Crippen LogP contribution in [0.25, 0.3) is 5.69 Å². The van der Waals surface area contributed by atoms with Crippen molar-refractivity contribution >= 4 is 5.97 Å². The fraction of sp³-hybridized carbons (Fsp3) is 0.0909. The lowest BCUT2D eigenvalue weighted by atomic mass is 10.2. The van der Waals surface area contributed by atoms with Crippen LogP contribution >= 0.6 is 0 Å². The highest BCUT2D eigenvalue weighted by atomic mass is 19.3. The summed E-state index contributed by atoms with van der Waals surface area (Å²) in [5, 5.41) is 12.4. The minimum Gasteiger partial charge on any atom is -0.478 e. The van der Waals surface area contributed by atoms with Gasteiger partial charge in [-0.3, -0.25) is 0 Å². The maximum atomic E-state index is 12.3. The van der Waals surface area contributed by atoms with E-state index in [1.54, 1.807) is 0 Å². The molecule has 0 atom stereocenters. The first-order valence-corrected chi connectivity index (χ1v) is 4.75. The molecule has 4 nitrogen and oxygen atoms in total. The van der Waals surface area contributed by atoms with Crippen LogP contribution in [-0.2, 0) is 0 Å². The van der Waals surface area contributed by atoms with E-state index >= 15 is 0 Å². The van der Waals surface area contributed by atoms with Gasteiger partial charge in [-0.2, -0.15) is 5.10 Å². The van der Waals surface area contributed by atoms with E-state index in [1.807, 2.05) is 0 Å². The average molecular weight is 238 g/mol. The number of rotatable bonds is 3. The van der Waals surface area contributed by atoms with Crippen LogP contribution in [0.5, 0.6) is 0 Å². The van der Waals surface area contributed by atoms with E-state index in [0.717, 1.165) is 0 Å². The number of aromatic carboxylic acids is 1. The predicted molar refractivity (Wildman–Crippen MR) is 55.5 cm³/mol. The zero-order chi connectivity index (χ0) is 12.4. The van der Waals surface area contributed by atoms with Gasteiger partial charge in [0.15, 0.2) is 0 Å². The number of nitrogens with zero attached hydrogens (tertiary/aromatic N) is 2. The Labute approximate surface area is 95.1 Å². The van der Waals surface area contributed by atoms with Gasteiger partial charge in [-0.25, -0.2) is 18.3 Å². The van der Waals surface area contributed by atoms with Crippen LogP contribution in [0.15, 0.2) is 36.5 Å². The van der Waals surface area contributed by atoms with E-state index in [2.05, 4.69) is 5.10 Å². The molecule has 0 aliphatic heterocycles. The lowest BCUT2D eigenvalue weighted by molar-refractivity contribution is 0.0697. The van der Waals surface area contributed by atoms with E-state index in [4.69, 9.17) is 5.11 Å². The van der Waals surface area contributed by atoms with E-state index < -0.39 is 12.4 Å². The van der Waals surface area contributed by atoms with Crippen molar-refractivity contribution in [3.8, 4) is 5.69 Å². The Bertz CT molecular complexity index is 535. The van der Waals surface area contributed by atoms with Crippen molar-refractivity contribution in [3.63, 3.8) is 0 Å². The zero-order valence-electron chi connectivity index (χ0n) is 8.55. The second-order valence-electron chi connectivity index (χ2n) is 3.34. The van der Waals surface area contributed by atoms with Crippen molar-refractivity contribution in [3.05, 3.63) is 47.8 Å². The molecule has 0 fully saturated rings. The molecule has 88 valence electrons. The van der Waals surface area contributed by atoms with Crippen molar-refractivity contribution < 1.29 is 18.7 Å². The Kier molecular flexibility index (Phi) is 2.86. The number of hydrogen-bond donors (Lipinski definition) is 1. The van der Waals surface area contributed by atoms with E-state index in [1.165, 1.54) is 41.2 Å². The maximum Gasteiger partial charge on any atom is 0.335 e. The molecule has 6 heteroatoms. The topological polar surface area (TPSA) is 55.1 Å². The lowest BCUT2D eigenvalue weighted by Gasteiger charge is -2.01. The van der Waals surface area contributed by atoms with Crippen LogP contribution in [0.2, 0.25) is 0 Å². The Morgan fingerprint density at radius 3 is 2.35 bits per heavy atom. The summed E-state index contributed by atoms with van der Waals surface area (Å²) in [5.41, 5.74) is 0.351. The highest BCUT2D eigenvalue weighted by Gasteiger charge is 2.11. The van der Waals surface area contributed by atoms with Crippen LogP contribution in [0, 0.1) is 0 Å². The second-order valence-corrected chi connectivity index (χ2v) is 3.34. The Balaban J connectivity index is 2.30. The predicted octanol–water partition coefficient (Wildman–Crippen LogP) is 2.51. The molecule has 0 aliphatic carbocycles. The van der Waals surface area contributed by atoms with Gasteiger partial charge in [-0.15, -0.1) is 0 Å². The minimum absolute atomic E-state index is 0.134. The van der Waals surface area contributed by atoms with Crippen LogP contribution in [0.1, 0.15) is 22.5 Å². The number of aromatic nitrogens is 2. The number of benzene rings is 1. The SMILES string of the molecule is O=C(O)c1ccc(-n2ccc(C(F)F)n2)cc1. The Hall–Kier alpha value is -2.24. The van der Waals surface area contributed by atoms with Gasteiger partial charge < -0.3 is 5.11 Å². The molecule has 1 aromatic carbocycles. The second kappa shape index (κ2) is 4.32. The summed E-state index contributed by atoms with van der Waals surface area (Å²) in [6.07, 6.45) is -1.22. The maximum absolute atomic E-state index is 12.3. The lowest BCUT2D eigenvalue weighted by Crippen LogP contribution is -1.99. The first-order valence-electron chi connectivity index (χ1n) is 4.75. The standard InChI is InChI=1S/C11H8F2N2O2/c12-10(13)9-5-6-15(14-9)8-3-1-7(2-4-8)11(16)17/h1-6,10H,(H,16,17). The normalized spacial score (nSPS) is 10.8. The Morgan fingerprint density at radius 2 is 1.88 bits per heavy atom. The molecule has 0 aliphatic rings. The molecule has 2 aromatic rings. The molecule has 0 spiro atoms. The van der Waals surface area contributed by atoms with E-state index in [0.29, 0.717) is 5.69 Å². The average Bonchev–Trinajstić information content (AvgIpc) is 2.78. The van der Waals surface area contributed by atoms with Gasteiger partial charge in [0, 0.05) is 6.20 Å². The van der Waals surface area contributed by atoms with Crippen LogP contribution in [0.3, 0.4) is 0 Å². The molecule has 1 aromatic heterocycles. The highest BCUT2D eigenvalue weighted by Crippen LogP contribution is 2.17. The van der Waals surface area contributed by atoms with Crippen molar-refractivity contribution in [1.29, 1.82) is 0 Å². The summed E-state index contributed by atoms with van der Waals surface area (Å²) in [6.45, 7) is 0. The number of hydrogen-bond acceptors (Lipinski definition) is 2. The van der Waals surface area contributed by atoms with Gasteiger partial charge >= 0.3 is 5.97 Å². The number of carboxylic acids is 1. The first kappa shape index (κ1) is 11.3. The summed E-state index contributed by atoms with van der Waals surface area (Å²) in [6, 6.07) is 7.01. The summed E-state index contributed by atoms with van der Waals surface area (Å²) in [7, 11) is 0. The van der Waals surface area contributed by atoms with Crippen molar-refractivity contribution in [2.45, 2.75) is 6.43 Å². The quantitative estimate of drug-likeness (QED) is 0.893. The fourth-order valence-corrected chi connectivity index (χ4v) is 1.35. The third kappa shape index (κ3) is 2.30. The number of carboxylic acid groups (broad SMARTS) is 1. The van der Waals surface area contributed by atoms with Crippen molar-refractivity contribution in [2.24, 2.45) is 0 Å². The van der Waals surface area contributed by atoms with E-state index in [-0.39, 0.29) is 11.3 Å². The van der Waals surface area contributed by atoms with Gasteiger partial charge in [0.1, 0.15) is 5.69 Å². The molecular weight excluding hydrogens is 230 g/mol. The van der Waals surface area contributed by atoms with Gasteiger partial charge in [-0.05, 0) is 30.3 Å². The molecule has 1 heterocycles. The summed E-state index contributed by atoms with van der Waals surface area (Å²) in [4.78, 5) is 10.6. The molecule has 17 heavy (non-hydrogen) atoms. The smallest absolute Gasteiger partial charge is 0.335 e. The van der Waals surface area contributed by atoms with Gasteiger partial charge in [0.25, 0.3) is 6.43 Å². The molecule has 0 radical (unpaired) electrons. The van der Waals surface area contributed by atoms with Gasteiger partial charge in [0.2, 0.25) is 0 Å². The number of carbonyl (C=O) groups is 1. The van der Waals surface area contributed by atoms with Crippen molar-refractivity contribution in [1.82, 2.24) is 9.78 Å². The summed E-state index contributed by atoms with van der Waals surface area (Å²) >= 11 is 0. The molecule has 1 N–H and O–H groups in total. The van der Waals surface area contributed by atoms with Crippen LogP contribution in [-0.4, -0.2) is 20.9 Å². The monoisotopic (exact) mass is 238 g/mol. The van der Waals surface area contributed by atoms with Crippen LogP contribution in [0.4, 0.5) is 8.78 Å². The largest absolute Gasteiger partial charge is 0.478 e. The van der Waals surface area contributed by atoms with Crippen molar-refractivity contribution in [2.75, 3.05) is 0 Å². The molecule has 0 bridgehead atoms. The molecular formula is C11H8F2N2O2. The third-order valence-corrected chi connectivity index (χ3v) is 2.21. The summed E-state index contributed by atoms with van der Waals surface area (Å²) < 4.78 is 25.9. The zero-order valence-corrected chi connectivity index (χ0v) is 8.55. The first-order chi connectivity index (χ1) is 8.08. The molecule has 0 saturated heterocycles. The molecule has 0 unspecified atom stereocenters. The number of halogens is 2. The highest BCUT2D eigenvalue weighted by molar-refractivity contribution is 5.87. The van der Waals surface area contributed by atoms with Gasteiger partial charge in [-0.1, -0.05) is 0 Å². The summed E-state index contributed by atoms with van der Waals surface area (Å²) in [5.74, 6) is -1.04.